The standard InChI is InChI=1S/C18H18ClNO3/c1-3-12-22-16-10-6-15(7-11-16)20-18(21)13(2)23-17-8-4-14(19)5-9-17/h3-11,13H,1,12H2,2H3,(H,20,21). The van der Waals surface area contributed by atoms with Gasteiger partial charge in [0.05, 0.1) is 0 Å². The highest BCUT2D eigenvalue weighted by molar-refractivity contribution is 6.30. The van der Waals surface area contributed by atoms with Crippen molar-refractivity contribution in [2.45, 2.75) is 13.0 Å². The number of carbonyl (C=O) groups is 1. The highest BCUT2D eigenvalue weighted by Crippen LogP contribution is 2.18. The third-order valence-corrected chi connectivity index (χ3v) is 3.24. The lowest BCUT2D eigenvalue weighted by molar-refractivity contribution is -0.122. The van der Waals surface area contributed by atoms with Crippen molar-refractivity contribution in [2.75, 3.05) is 11.9 Å². The Morgan fingerprint density at radius 3 is 2.39 bits per heavy atom. The van der Waals surface area contributed by atoms with E-state index in [0.717, 1.165) is 0 Å². The van der Waals surface area contributed by atoms with Gasteiger partial charge in [-0.05, 0) is 55.5 Å². The van der Waals surface area contributed by atoms with Crippen molar-refractivity contribution in [3.05, 3.63) is 66.2 Å². The van der Waals surface area contributed by atoms with Gasteiger partial charge < -0.3 is 14.8 Å². The molecule has 0 heterocycles. The molecule has 5 heteroatoms. The molecule has 1 amide bonds. The second kappa shape index (κ2) is 8.25. The molecule has 0 radical (unpaired) electrons. The van der Waals surface area contributed by atoms with E-state index in [-0.39, 0.29) is 5.91 Å². The zero-order valence-corrected chi connectivity index (χ0v) is 13.5. The van der Waals surface area contributed by atoms with E-state index in [4.69, 9.17) is 21.1 Å². The first kappa shape index (κ1) is 16.9. The summed E-state index contributed by atoms with van der Waals surface area (Å²) in [6.07, 6.45) is 1.04. The Labute approximate surface area is 140 Å². The Kier molecular flexibility index (Phi) is 6.06. The van der Waals surface area contributed by atoms with Gasteiger partial charge >= 0.3 is 0 Å². The van der Waals surface area contributed by atoms with Gasteiger partial charge in [-0.15, -0.1) is 0 Å². The average Bonchev–Trinajstić information content (AvgIpc) is 2.56. The Bertz CT molecular complexity index is 653. The molecule has 0 aliphatic rings. The average molecular weight is 332 g/mol. The third-order valence-electron chi connectivity index (χ3n) is 2.99. The number of hydrogen-bond donors (Lipinski definition) is 1. The van der Waals surface area contributed by atoms with Crippen molar-refractivity contribution in [1.29, 1.82) is 0 Å². The summed E-state index contributed by atoms with van der Waals surface area (Å²) < 4.78 is 11.0. The molecular formula is C18H18ClNO3. The van der Waals surface area contributed by atoms with Crippen LogP contribution >= 0.6 is 11.6 Å². The van der Waals surface area contributed by atoms with Gasteiger partial charge in [0.1, 0.15) is 18.1 Å². The maximum absolute atomic E-state index is 12.1. The lowest BCUT2D eigenvalue weighted by Crippen LogP contribution is -2.30. The van der Waals surface area contributed by atoms with E-state index in [9.17, 15) is 4.79 Å². The third kappa shape index (κ3) is 5.34. The van der Waals surface area contributed by atoms with Gasteiger partial charge in [0.2, 0.25) is 0 Å². The fourth-order valence-electron chi connectivity index (χ4n) is 1.80. The number of benzene rings is 2. The van der Waals surface area contributed by atoms with Crippen LogP contribution in [0.15, 0.2) is 61.2 Å². The van der Waals surface area contributed by atoms with Crippen LogP contribution in [0.1, 0.15) is 6.92 Å². The maximum atomic E-state index is 12.1. The van der Waals surface area contributed by atoms with E-state index >= 15 is 0 Å². The smallest absolute Gasteiger partial charge is 0.265 e. The zero-order chi connectivity index (χ0) is 16.7. The molecular weight excluding hydrogens is 314 g/mol. The molecule has 120 valence electrons. The number of amides is 1. The molecule has 1 unspecified atom stereocenters. The van der Waals surface area contributed by atoms with Crippen LogP contribution in [-0.4, -0.2) is 18.6 Å². The second-order valence-electron chi connectivity index (χ2n) is 4.83. The van der Waals surface area contributed by atoms with Crippen LogP contribution in [0.25, 0.3) is 0 Å². The largest absolute Gasteiger partial charge is 0.490 e. The summed E-state index contributed by atoms with van der Waals surface area (Å²) in [5.41, 5.74) is 0.674. The van der Waals surface area contributed by atoms with Gasteiger partial charge in [0.25, 0.3) is 5.91 Å². The molecule has 2 aromatic carbocycles. The van der Waals surface area contributed by atoms with Gasteiger partial charge in [-0.1, -0.05) is 24.3 Å². The summed E-state index contributed by atoms with van der Waals surface area (Å²) in [5.74, 6) is 1.07. The topological polar surface area (TPSA) is 47.6 Å². The number of hydrogen-bond acceptors (Lipinski definition) is 3. The number of anilines is 1. The van der Waals surface area contributed by atoms with E-state index in [1.54, 1.807) is 61.5 Å². The minimum atomic E-state index is -0.632. The van der Waals surface area contributed by atoms with Crippen LogP contribution in [0.3, 0.4) is 0 Å². The van der Waals surface area contributed by atoms with E-state index in [0.29, 0.717) is 28.8 Å². The predicted octanol–water partition coefficient (Wildman–Crippen LogP) is 4.31. The molecule has 4 nitrogen and oxygen atoms in total. The molecule has 23 heavy (non-hydrogen) atoms. The number of rotatable bonds is 7. The second-order valence-corrected chi connectivity index (χ2v) is 5.26. The fourth-order valence-corrected chi connectivity index (χ4v) is 1.93. The summed E-state index contributed by atoms with van der Waals surface area (Å²) in [6, 6.07) is 14.0. The van der Waals surface area contributed by atoms with E-state index in [1.807, 2.05) is 0 Å². The van der Waals surface area contributed by atoms with E-state index < -0.39 is 6.10 Å². The Morgan fingerprint density at radius 2 is 1.78 bits per heavy atom. The lowest BCUT2D eigenvalue weighted by atomic mass is 10.2. The molecule has 0 saturated heterocycles. The first-order valence-corrected chi connectivity index (χ1v) is 7.53. The van der Waals surface area contributed by atoms with Crippen LogP contribution in [0.4, 0.5) is 5.69 Å². The van der Waals surface area contributed by atoms with Crippen LogP contribution < -0.4 is 14.8 Å². The van der Waals surface area contributed by atoms with Crippen LogP contribution in [-0.2, 0) is 4.79 Å². The van der Waals surface area contributed by atoms with Crippen molar-refractivity contribution < 1.29 is 14.3 Å². The quantitative estimate of drug-likeness (QED) is 0.769. The molecule has 0 bridgehead atoms. The normalized spacial score (nSPS) is 11.4. The molecule has 0 aliphatic carbocycles. The molecule has 2 rings (SSSR count). The maximum Gasteiger partial charge on any atom is 0.265 e. The summed E-state index contributed by atoms with van der Waals surface area (Å²) in [5, 5.41) is 3.41. The Morgan fingerprint density at radius 1 is 1.17 bits per heavy atom. The minimum Gasteiger partial charge on any atom is -0.490 e. The van der Waals surface area contributed by atoms with Crippen molar-refractivity contribution in [2.24, 2.45) is 0 Å². The van der Waals surface area contributed by atoms with Gasteiger partial charge in [0.15, 0.2) is 6.10 Å². The van der Waals surface area contributed by atoms with Crippen molar-refractivity contribution in [3.8, 4) is 11.5 Å². The Hall–Kier alpha value is -2.46. The minimum absolute atomic E-state index is 0.236. The van der Waals surface area contributed by atoms with E-state index in [2.05, 4.69) is 11.9 Å². The molecule has 0 aliphatic heterocycles. The number of carbonyl (C=O) groups excluding carboxylic acids is 1. The monoisotopic (exact) mass is 331 g/mol. The van der Waals surface area contributed by atoms with Crippen molar-refractivity contribution >= 4 is 23.2 Å². The molecule has 2 aromatic rings. The summed E-state index contributed by atoms with van der Waals surface area (Å²) in [7, 11) is 0. The predicted molar refractivity (Wildman–Crippen MR) is 92.3 cm³/mol. The first-order valence-electron chi connectivity index (χ1n) is 7.15. The molecule has 0 spiro atoms. The number of halogens is 1. The van der Waals surface area contributed by atoms with Crippen LogP contribution in [0.5, 0.6) is 11.5 Å². The lowest BCUT2D eigenvalue weighted by Gasteiger charge is -2.15. The van der Waals surface area contributed by atoms with Gasteiger partial charge in [-0.3, -0.25) is 4.79 Å². The summed E-state index contributed by atoms with van der Waals surface area (Å²) in [6.45, 7) is 5.72. The molecule has 1 N–H and O–H groups in total. The molecule has 0 aromatic heterocycles. The number of ether oxygens (including phenoxy) is 2. The highest BCUT2D eigenvalue weighted by atomic mass is 35.5. The van der Waals surface area contributed by atoms with Crippen molar-refractivity contribution in [1.82, 2.24) is 0 Å². The van der Waals surface area contributed by atoms with Gasteiger partial charge in [-0.2, -0.15) is 0 Å². The summed E-state index contributed by atoms with van der Waals surface area (Å²) >= 11 is 5.81. The SMILES string of the molecule is C=CCOc1ccc(NC(=O)C(C)Oc2ccc(Cl)cc2)cc1. The number of nitrogens with one attached hydrogen (secondary N) is 1. The van der Waals surface area contributed by atoms with Gasteiger partial charge in [-0.25, -0.2) is 0 Å². The molecule has 1 atom stereocenters. The van der Waals surface area contributed by atoms with Crippen molar-refractivity contribution in [3.63, 3.8) is 0 Å². The molecule has 0 fully saturated rings. The first-order chi connectivity index (χ1) is 11.1. The highest BCUT2D eigenvalue weighted by Gasteiger charge is 2.14. The van der Waals surface area contributed by atoms with Crippen LogP contribution in [0.2, 0.25) is 5.02 Å². The fraction of sp³-hybridized carbons (Fsp3) is 0.167. The van der Waals surface area contributed by atoms with E-state index in [1.165, 1.54) is 0 Å². The zero-order valence-electron chi connectivity index (χ0n) is 12.8. The van der Waals surface area contributed by atoms with Crippen LogP contribution in [0, 0.1) is 0 Å². The Balaban J connectivity index is 1.89. The summed E-state index contributed by atoms with van der Waals surface area (Å²) in [4.78, 5) is 12.1. The molecule has 0 saturated carbocycles. The van der Waals surface area contributed by atoms with Gasteiger partial charge in [0, 0.05) is 10.7 Å².